The van der Waals surface area contributed by atoms with Gasteiger partial charge >= 0.3 is 0 Å². The van der Waals surface area contributed by atoms with E-state index in [1.165, 1.54) is 25.3 Å². The van der Waals surface area contributed by atoms with Crippen LogP contribution in [-0.2, 0) is 10.7 Å². The van der Waals surface area contributed by atoms with Crippen LogP contribution in [0.2, 0.25) is 0 Å². The lowest BCUT2D eigenvalue weighted by Gasteiger charge is -2.13. The first-order valence-electron chi connectivity index (χ1n) is 4.96. The van der Waals surface area contributed by atoms with Crippen LogP contribution in [0, 0.1) is 5.82 Å². The molecule has 2 nitrogen and oxygen atoms in total. The monoisotopic (exact) mass is 290 g/mol. The molecular weight excluding hydrogens is 279 g/mol. The van der Waals surface area contributed by atoms with Gasteiger partial charge in [0.25, 0.3) is 0 Å². The highest BCUT2D eigenvalue weighted by Gasteiger charge is 2.06. The van der Waals surface area contributed by atoms with Gasteiger partial charge in [-0.3, -0.25) is 0 Å². The zero-order valence-electron chi connectivity index (χ0n) is 8.25. The maximum absolute atomic E-state index is 13.2. The standard InChI is InChI=1S/C10H12BrFN2S/c11-10-9(12)6-8(7-13-10)14-15-4-2-1-3-5-15/h6-7H,1-5H2. The van der Waals surface area contributed by atoms with E-state index < -0.39 is 0 Å². The number of hydrogen-bond donors (Lipinski definition) is 0. The van der Waals surface area contributed by atoms with E-state index in [4.69, 9.17) is 0 Å². The second-order valence-electron chi connectivity index (χ2n) is 3.49. The van der Waals surface area contributed by atoms with Gasteiger partial charge in [-0.25, -0.2) is 13.7 Å². The zero-order valence-corrected chi connectivity index (χ0v) is 10.7. The molecule has 0 aliphatic carbocycles. The summed E-state index contributed by atoms with van der Waals surface area (Å²) in [6, 6.07) is 1.44. The Labute approximate surface area is 99.5 Å². The molecule has 0 bridgehead atoms. The van der Waals surface area contributed by atoms with E-state index in [-0.39, 0.29) is 21.1 Å². The van der Waals surface area contributed by atoms with Crippen molar-refractivity contribution < 1.29 is 4.39 Å². The third-order valence-electron chi connectivity index (χ3n) is 2.28. The molecule has 0 N–H and O–H groups in total. The Balaban J connectivity index is 2.18. The van der Waals surface area contributed by atoms with Crippen LogP contribution in [-0.4, -0.2) is 16.5 Å². The Kier molecular flexibility index (Phi) is 3.86. The van der Waals surface area contributed by atoms with Crippen LogP contribution in [0.5, 0.6) is 0 Å². The summed E-state index contributed by atoms with van der Waals surface area (Å²) in [4.78, 5) is 3.90. The fraction of sp³-hybridized carbons (Fsp3) is 0.500. The maximum atomic E-state index is 13.2. The Morgan fingerprint density at radius 3 is 2.73 bits per heavy atom. The van der Waals surface area contributed by atoms with Crippen molar-refractivity contribution in [1.29, 1.82) is 0 Å². The first kappa shape index (κ1) is 11.2. The zero-order chi connectivity index (χ0) is 10.7. The molecule has 1 aromatic rings. The molecule has 0 atom stereocenters. The summed E-state index contributed by atoms with van der Waals surface area (Å²) < 4.78 is 17.9. The van der Waals surface area contributed by atoms with Crippen LogP contribution in [0.25, 0.3) is 0 Å². The van der Waals surface area contributed by atoms with Crippen LogP contribution >= 0.6 is 15.9 Å². The van der Waals surface area contributed by atoms with Crippen molar-refractivity contribution in [1.82, 2.24) is 4.98 Å². The van der Waals surface area contributed by atoms with Crippen LogP contribution in [0.3, 0.4) is 0 Å². The van der Waals surface area contributed by atoms with Gasteiger partial charge in [0.05, 0.1) is 11.9 Å². The number of hydrogen-bond acceptors (Lipinski definition) is 2. The summed E-state index contributed by atoms with van der Waals surface area (Å²) in [6.45, 7) is 0. The minimum Gasteiger partial charge on any atom is -0.244 e. The van der Waals surface area contributed by atoms with Crippen LogP contribution in [0.4, 0.5) is 10.1 Å². The lowest BCUT2D eigenvalue weighted by atomic mass is 10.3. The quantitative estimate of drug-likeness (QED) is 0.726. The highest BCUT2D eigenvalue weighted by molar-refractivity contribution is 9.10. The van der Waals surface area contributed by atoms with E-state index in [0.29, 0.717) is 5.69 Å². The predicted molar refractivity (Wildman–Crippen MR) is 64.9 cm³/mol. The fourth-order valence-corrected chi connectivity index (χ4v) is 3.59. The molecular formula is C10H12BrFN2S. The van der Waals surface area contributed by atoms with E-state index in [0.717, 1.165) is 11.5 Å². The second kappa shape index (κ2) is 5.16. The van der Waals surface area contributed by atoms with Gasteiger partial charge < -0.3 is 0 Å². The normalized spacial score (nSPS) is 17.7. The molecule has 0 saturated carbocycles. The van der Waals surface area contributed by atoms with Crippen molar-refractivity contribution in [2.45, 2.75) is 19.3 Å². The van der Waals surface area contributed by atoms with Crippen molar-refractivity contribution in [2.75, 3.05) is 11.5 Å². The fourth-order valence-electron chi connectivity index (χ4n) is 1.52. The van der Waals surface area contributed by atoms with Gasteiger partial charge in [-0.1, -0.05) is 17.1 Å². The molecule has 5 heteroatoms. The number of halogens is 2. The molecule has 2 rings (SSSR count). The summed E-state index contributed by atoms with van der Waals surface area (Å²) in [5.74, 6) is 1.96. The van der Waals surface area contributed by atoms with E-state index in [9.17, 15) is 4.39 Å². The van der Waals surface area contributed by atoms with Crippen LogP contribution < -0.4 is 0 Å². The van der Waals surface area contributed by atoms with E-state index >= 15 is 0 Å². The molecule has 0 radical (unpaired) electrons. The molecule has 15 heavy (non-hydrogen) atoms. The molecule has 1 aliphatic heterocycles. The lowest BCUT2D eigenvalue weighted by molar-refractivity contribution is 0.613. The summed E-state index contributed by atoms with van der Waals surface area (Å²) in [7, 11) is 0.0925. The summed E-state index contributed by atoms with van der Waals surface area (Å²) in [5.41, 5.74) is 0.668. The number of aromatic nitrogens is 1. The Morgan fingerprint density at radius 2 is 2.07 bits per heavy atom. The van der Waals surface area contributed by atoms with Crippen molar-refractivity contribution in [3.63, 3.8) is 0 Å². The molecule has 0 unspecified atom stereocenters. The van der Waals surface area contributed by atoms with Gasteiger partial charge in [-0.2, -0.15) is 0 Å². The summed E-state index contributed by atoms with van der Waals surface area (Å²) in [5, 5.41) is 0. The Morgan fingerprint density at radius 1 is 1.33 bits per heavy atom. The van der Waals surface area contributed by atoms with Gasteiger partial charge in [0.15, 0.2) is 5.82 Å². The first-order chi connectivity index (χ1) is 7.25. The average Bonchev–Trinajstić information content (AvgIpc) is 2.25. The number of nitrogens with zero attached hydrogens (tertiary/aromatic N) is 2. The minimum atomic E-state index is -0.336. The SMILES string of the molecule is Fc1cc(N=S2CCCCC2)cnc1Br. The van der Waals surface area contributed by atoms with Gasteiger partial charge in [-0.05, 0) is 28.8 Å². The predicted octanol–water partition coefficient (Wildman–Crippen LogP) is 3.60. The van der Waals surface area contributed by atoms with E-state index in [1.807, 2.05) is 0 Å². The lowest BCUT2D eigenvalue weighted by Crippen LogP contribution is -2.08. The van der Waals surface area contributed by atoms with E-state index in [1.54, 1.807) is 6.20 Å². The number of rotatable bonds is 1. The molecule has 1 saturated heterocycles. The molecule has 2 heterocycles. The van der Waals surface area contributed by atoms with Gasteiger partial charge in [0.2, 0.25) is 0 Å². The number of pyridine rings is 1. The van der Waals surface area contributed by atoms with Crippen LogP contribution in [0.1, 0.15) is 19.3 Å². The van der Waals surface area contributed by atoms with Gasteiger partial charge in [0, 0.05) is 17.6 Å². The molecule has 1 aliphatic rings. The van der Waals surface area contributed by atoms with Crippen molar-refractivity contribution in [2.24, 2.45) is 4.36 Å². The molecule has 0 amide bonds. The first-order valence-corrected chi connectivity index (χ1v) is 7.27. The average molecular weight is 291 g/mol. The third kappa shape index (κ3) is 3.08. The Bertz CT molecular complexity index is 387. The summed E-state index contributed by atoms with van der Waals surface area (Å²) >= 11 is 3.03. The van der Waals surface area contributed by atoms with Crippen LogP contribution in [0.15, 0.2) is 21.2 Å². The molecule has 1 fully saturated rings. The highest BCUT2D eigenvalue weighted by atomic mass is 79.9. The second-order valence-corrected chi connectivity index (χ2v) is 6.16. The molecule has 0 aromatic carbocycles. The van der Waals surface area contributed by atoms with Crippen molar-refractivity contribution in [3.8, 4) is 0 Å². The maximum Gasteiger partial charge on any atom is 0.158 e. The topological polar surface area (TPSA) is 25.2 Å². The molecule has 0 spiro atoms. The smallest absolute Gasteiger partial charge is 0.158 e. The van der Waals surface area contributed by atoms with Crippen molar-refractivity contribution in [3.05, 3.63) is 22.7 Å². The molecule has 1 aromatic heterocycles. The summed E-state index contributed by atoms with van der Waals surface area (Å²) in [6.07, 6.45) is 5.43. The third-order valence-corrected chi connectivity index (χ3v) is 4.85. The molecule has 82 valence electrons. The van der Waals surface area contributed by atoms with Gasteiger partial charge in [0.1, 0.15) is 4.60 Å². The van der Waals surface area contributed by atoms with Gasteiger partial charge in [-0.15, -0.1) is 0 Å². The highest BCUT2D eigenvalue weighted by Crippen LogP contribution is 2.21. The van der Waals surface area contributed by atoms with Crippen molar-refractivity contribution >= 4 is 32.3 Å². The van der Waals surface area contributed by atoms with E-state index in [2.05, 4.69) is 25.3 Å². The Hall–Kier alpha value is -0.290. The largest absolute Gasteiger partial charge is 0.244 e. The minimum absolute atomic E-state index is 0.0925.